The maximum Gasteiger partial charge on any atom is 0.335 e. The summed E-state index contributed by atoms with van der Waals surface area (Å²) in [4.78, 5) is 44.7. The lowest BCUT2D eigenvalue weighted by molar-refractivity contribution is -0.121. The van der Waals surface area contributed by atoms with Crippen molar-refractivity contribution in [1.29, 1.82) is 5.26 Å². The molecule has 0 unspecified atom stereocenters. The van der Waals surface area contributed by atoms with E-state index in [1.807, 2.05) is 12.1 Å². The summed E-state index contributed by atoms with van der Waals surface area (Å²) in [5, 5.41) is 29.0. The quantitative estimate of drug-likeness (QED) is 0.266. The number of nitrogens with one attached hydrogen (secondary N) is 1. The molecule has 5 aromatic rings. The number of benzene rings is 3. The van der Waals surface area contributed by atoms with Crippen molar-refractivity contribution in [3.8, 4) is 22.9 Å². The fourth-order valence-corrected chi connectivity index (χ4v) is 5.43. The van der Waals surface area contributed by atoms with Crippen LogP contribution < -0.4 is 5.32 Å². The number of carbonyl (C=O) groups excluding carboxylic acids is 2. The van der Waals surface area contributed by atoms with Crippen LogP contribution >= 0.6 is 11.6 Å². The number of carbonyl (C=O) groups is 3. The van der Waals surface area contributed by atoms with Crippen LogP contribution in [0, 0.1) is 17.1 Å². The zero-order valence-corrected chi connectivity index (χ0v) is 23.9. The van der Waals surface area contributed by atoms with Crippen LogP contribution in [0.5, 0.6) is 0 Å². The molecule has 2 aromatic heterocycles. The molecule has 1 aliphatic rings. The molecule has 13 heteroatoms. The van der Waals surface area contributed by atoms with E-state index in [-0.39, 0.29) is 34.2 Å². The number of pyridine rings is 1. The SMILES string of the molecule is N#Cc1ccc(-c2cccc3c2CCN(C(=O)c2cn(-c4cccc(Cl)c4F)nn2)[C@H]3C(=O)Nc2ccc(C(=O)O)cc2)cn1. The molecule has 1 aliphatic heterocycles. The second kappa shape index (κ2) is 12.0. The van der Waals surface area contributed by atoms with Gasteiger partial charge in [-0.1, -0.05) is 41.1 Å². The summed E-state index contributed by atoms with van der Waals surface area (Å²) in [6.07, 6.45) is 3.23. The molecule has 3 heterocycles. The highest BCUT2D eigenvalue weighted by atomic mass is 35.5. The minimum absolute atomic E-state index is 0.00203. The van der Waals surface area contributed by atoms with E-state index >= 15 is 0 Å². The second-order valence-electron chi connectivity index (χ2n) is 10.1. The van der Waals surface area contributed by atoms with E-state index in [0.717, 1.165) is 21.4 Å². The Morgan fingerprint density at radius 2 is 1.82 bits per heavy atom. The molecular formula is C32H21ClFN7O4. The third-order valence-electron chi connectivity index (χ3n) is 7.41. The molecule has 0 saturated heterocycles. The average molecular weight is 622 g/mol. The molecule has 2 N–H and O–H groups in total. The fourth-order valence-electron chi connectivity index (χ4n) is 5.26. The number of fused-ring (bicyclic) bond motifs is 1. The highest BCUT2D eigenvalue weighted by Gasteiger charge is 2.38. The standard InChI is InChI=1S/C32H21ClFN7O4/c33-25-5-2-6-27(28(25)34)41-17-26(38-39-41)31(43)40-14-13-23-22(19-9-12-21(15-35)36-16-19)3-1-4-24(23)29(40)30(42)37-20-10-7-18(8-11-20)32(44)45/h1-12,16-17,29H,13-14H2,(H,37,42)(H,44,45)/t29-/m1/s1. The number of hydrogen-bond donors (Lipinski definition) is 2. The predicted octanol–water partition coefficient (Wildman–Crippen LogP) is 5.07. The molecule has 0 fully saturated rings. The first kappa shape index (κ1) is 29.2. The highest BCUT2D eigenvalue weighted by Crippen LogP contribution is 2.37. The van der Waals surface area contributed by atoms with Gasteiger partial charge in [-0.2, -0.15) is 5.26 Å². The van der Waals surface area contributed by atoms with Gasteiger partial charge in [-0.3, -0.25) is 9.59 Å². The van der Waals surface area contributed by atoms with Gasteiger partial charge < -0.3 is 15.3 Å². The number of aromatic carboxylic acids is 1. The van der Waals surface area contributed by atoms with Crippen LogP contribution in [0.4, 0.5) is 10.1 Å². The molecule has 1 atom stereocenters. The number of hydrogen-bond acceptors (Lipinski definition) is 7. The summed E-state index contributed by atoms with van der Waals surface area (Å²) in [6.45, 7) is 0.126. The van der Waals surface area contributed by atoms with Crippen LogP contribution in [0.2, 0.25) is 5.02 Å². The normalized spacial score (nSPS) is 13.9. The molecule has 0 saturated carbocycles. The summed E-state index contributed by atoms with van der Waals surface area (Å²) in [6, 6.07) is 19.6. The third-order valence-corrected chi connectivity index (χ3v) is 7.70. The zero-order valence-electron chi connectivity index (χ0n) is 23.2. The Labute approximate surface area is 260 Å². The Balaban J connectivity index is 1.39. The van der Waals surface area contributed by atoms with Crippen molar-refractivity contribution in [1.82, 2.24) is 24.9 Å². The molecule has 0 spiro atoms. The number of carboxylic acid groups (broad SMARTS) is 1. The number of nitrogens with zero attached hydrogens (tertiary/aromatic N) is 6. The molecule has 0 radical (unpaired) electrons. The van der Waals surface area contributed by atoms with Gasteiger partial charge in [0.2, 0.25) is 0 Å². The molecule has 11 nitrogen and oxygen atoms in total. The third kappa shape index (κ3) is 5.60. The summed E-state index contributed by atoms with van der Waals surface area (Å²) >= 11 is 5.92. The van der Waals surface area contributed by atoms with Crippen molar-refractivity contribution in [3.05, 3.63) is 124 Å². The van der Waals surface area contributed by atoms with Gasteiger partial charge in [-0.15, -0.1) is 5.10 Å². The Morgan fingerprint density at radius 3 is 2.53 bits per heavy atom. The lowest BCUT2D eigenvalue weighted by Gasteiger charge is -2.37. The first-order chi connectivity index (χ1) is 21.7. The summed E-state index contributed by atoms with van der Waals surface area (Å²) in [5.74, 6) is -3.00. The first-order valence-electron chi connectivity index (χ1n) is 13.6. The molecule has 45 heavy (non-hydrogen) atoms. The Morgan fingerprint density at radius 1 is 1.04 bits per heavy atom. The van der Waals surface area contributed by atoms with Crippen LogP contribution in [0.25, 0.3) is 16.8 Å². The Hall–Kier alpha value is -5.93. The van der Waals surface area contributed by atoms with Gasteiger partial charge in [0.1, 0.15) is 23.5 Å². The minimum Gasteiger partial charge on any atom is -0.478 e. The number of carboxylic acids is 1. The molecule has 0 bridgehead atoms. The van der Waals surface area contributed by atoms with Crippen molar-refractivity contribution < 1.29 is 23.9 Å². The molecular weight excluding hydrogens is 601 g/mol. The van der Waals surface area contributed by atoms with Crippen LogP contribution in [0.1, 0.15) is 43.7 Å². The highest BCUT2D eigenvalue weighted by molar-refractivity contribution is 6.30. The lowest BCUT2D eigenvalue weighted by atomic mass is 9.86. The van der Waals surface area contributed by atoms with Crippen LogP contribution in [0.3, 0.4) is 0 Å². The van der Waals surface area contributed by atoms with E-state index in [1.165, 1.54) is 53.6 Å². The van der Waals surface area contributed by atoms with E-state index in [1.54, 1.807) is 30.5 Å². The minimum atomic E-state index is -1.13. The molecule has 0 aliphatic carbocycles. The van der Waals surface area contributed by atoms with Gasteiger partial charge in [-0.25, -0.2) is 18.9 Å². The Kier molecular flexibility index (Phi) is 7.76. The average Bonchev–Trinajstić information content (AvgIpc) is 3.55. The van der Waals surface area contributed by atoms with Gasteiger partial charge in [0, 0.05) is 24.0 Å². The zero-order chi connectivity index (χ0) is 31.7. The van der Waals surface area contributed by atoms with Gasteiger partial charge in [0.15, 0.2) is 11.5 Å². The first-order valence-corrected chi connectivity index (χ1v) is 13.9. The van der Waals surface area contributed by atoms with Gasteiger partial charge >= 0.3 is 5.97 Å². The van der Waals surface area contributed by atoms with E-state index in [4.69, 9.17) is 16.9 Å². The topological polar surface area (TPSA) is 154 Å². The van der Waals surface area contributed by atoms with Crippen molar-refractivity contribution in [3.63, 3.8) is 0 Å². The summed E-state index contributed by atoms with van der Waals surface area (Å²) < 4.78 is 15.8. The second-order valence-corrected chi connectivity index (χ2v) is 10.5. The van der Waals surface area contributed by atoms with E-state index in [2.05, 4.69) is 20.6 Å². The molecule has 6 rings (SSSR count). The largest absolute Gasteiger partial charge is 0.478 e. The lowest BCUT2D eigenvalue weighted by Crippen LogP contribution is -2.45. The van der Waals surface area contributed by atoms with Crippen molar-refractivity contribution in [2.24, 2.45) is 0 Å². The number of amides is 2. The molecule has 3 aromatic carbocycles. The number of rotatable bonds is 6. The van der Waals surface area contributed by atoms with Gasteiger partial charge in [-0.05, 0) is 71.6 Å². The van der Waals surface area contributed by atoms with Crippen LogP contribution in [-0.2, 0) is 11.2 Å². The van der Waals surface area contributed by atoms with Crippen molar-refractivity contribution in [2.45, 2.75) is 12.5 Å². The predicted molar refractivity (Wildman–Crippen MR) is 160 cm³/mol. The molecule has 2 amide bonds. The van der Waals surface area contributed by atoms with Gasteiger partial charge in [0.25, 0.3) is 11.8 Å². The monoisotopic (exact) mass is 621 g/mol. The van der Waals surface area contributed by atoms with Crippen molar-refractivity contribution >= 4 is 35.1 Å². The van der Waals surface area contributed by atoms with E-state index in [0.29, 0.717) is 17.7 Å². The summed E-state index contributed by atoms with van der Waals surface area (Å²) in [7, 11) is 0. The number of halogens is 2. The fraction of sp³-hybridized carbons (Fsp3) is 0.0938. The summed E-state index contributed by atoms with van der Waals surface area (Å²) in [5.41, 5.74) is 3.43. The number of aromatic nitrogens is 4. The molecule has 222 valence electrons. The van der Waals surface area contributed by atoms with Gasteiger partial charge in [0.05, 0.1) is 16.8 Å². The van der Waals surface area contributed by atoms with E-state index < -0.39 is 29.6 Å². The van der Waals surface area contributed by atoms with Crippen molar-refractivity contribution in [2.75, 3.05) is 11.9 Å². The van der Waals surface area contributed by atoms with E-state index in [9.17, 15) is 23.9 Å². The van der Waals surface area contributed by atoms with Crippen LogP contribution in [0.15, 0.2) is 85.2 Å². The number of nitriles is 1. The Bertz CT molecular complexity index is 2010. The maximum atomic E-state index is 14.7. The smallest absolute Gasteiger partial charge is 0.335 e. The maximum absolute atomic E-state index is 14.7. The van der Waals surface area contributed by atoms with Crippen LogP contribution in [-0.4, -0.2) is 54.3 Å². The number of anilines is 1.